The summed E-state index contributed by atoms with van der Waals surface area (Å²) >= 11 is 0. The molecule has 2 rings (SSSR count). The average Bonchev–Trinajstić information content (AvgIpc) is 2.40. The quantitative estimate of drug-likeness (QED) is 0.624. The van der Waals surface area contributed by atoms with Gasteiger partial charge in [-0.3, -0.25) is 0 Å². The zero-order chi connectivity index (χ0) is 7.84. The van der Waals surface area contributed by atoms with Crippen molar-refractivity contribution in [1.29, 1.82) is 0 Å². The Balaban J connectivity index is 2.58. The molecule has 2 aromatic heterocycles. The van der Waals surface area contributed by atoms with Gasteiger partial charge < -0.3 is 8.83 Å². The molecule has 0 amide bonds. The summed E-state index contributed by atoms with van der Waals surface area (Å²) in [7, 11) is 0. The molecule has 0 saturated heterocycles. The molecule has 0 bridgehead atoms. The first kappa shape index (κ1) is 6.53. The molecule has 58 valence electrons. The van der Waals surface area contributed by atoms with Crippen molar-refractivity contribution in [3.8, 4) is 0 Å². The van der Waals surface area contributed by atoms with Crippen molar-refractivity contribution >= 4 is 11.2 Å². The van der Waals surface area contributed by atoms with Crippen molar-refractivity contribution in [3.05, 3.63) is 24.2 Å². The van der Waals surface area contributed by atoms with E-state index < -0.39 is 0 Å². The van der Waals surface area contributed by atoms with E-state index in [1.165, 1.54) is 0 Å². The van der Waals surface area contributed by atoms with Crippen molar-refractivity contribution in [2.75, 3.05) is 0 Å². The van der Waals surface area contributed by atoms with E-state index >= 15 is 0 Å². The van der Waals surface area contributed by atoms with Gasteiger partial charge in [0.2, 0.25) is 0 Å². The Kier molecular flexibility index (Phi) is 1.28. The summed E-state index contributed by atoms with van der Waals surface area (Å²) in [6.07, 6.45) is 1.64. The van der Waals surface area contributed by atoms with Crippen LogP contribution in [0.1, 0.15) is 25.5 Å². The Labute approximate surface area is 64.8 Å². The Morgan fingerprint density at radius 1 is 1.27 bits per heavy atom. The van der Waals surface area contributed by atoms with Crippen LogP contribution in [0, 0.1) is 0 Å². The molecule has 0 aliphatic carbocycles. The van der Waals surface area contributed by atoms with Crippen LogP contribution in [0.2, 0.25) is 0 Å². The molecule has 0 aliphatic rings. The Morgan fingerprint density at radius 2 is 2.09 bits per heavy atom. The highest BCUT2D eigenvalue weighted by Gasteiger charge is 2.08. The molecule has 2 heteroatoms. The number of fused-ring (bicyclic) bond motifs is 1. The lowest BCUT2D eigenvalue weighted by atomic mass is 10.2. The third kappa shape index (κ3) is 0.946. The van der Waals surface area contributed by atoms with Gasteiger partial charge in [-0.05, 0) is 0 Å². The molecule has 0 aliphatic heterocycles. The maximum absolute atomic E-state index is 5.48. The van der Waals surface area contributed by atoms with Crippen molar-refractivity contribution in [3.63, 3.8) is 0 Å². The van der Waals surface area contributed by atoms with E-state index in [2.05, 4.69) is 13.8 Å². The van der Waals surface area contributed by atoms with Gasteiger partial charge in [0.25, 0.3) is 0 Å². The van der Waals surface area contributed by atoms with Gasteiger partial charge in [0.05, 0.1) is 6.26 Å². The molecule has 2 heterocycles. The molecule has 0 radical (unpaired) electrons. The van der Waals surface area contributed by atoms with Crippen LogP contribution in [0.25, 0.3) is 11.2 Å². The summed E-state index contributed by atoms with van der Waals surface area (Å²) in [4.78, 5) is 0. The molecule has 0 saturated carbocycles. The molecular weight excluding hydrogens is 140 g/mol. The molecule has 0 N–H and O–H groups in total. The van der Waals surface area contributed by atoms with Crippen LogP contribution in [-0.4, -0.2) is 0 Å². The predicted molar refractivity (Wildman–Crippen MR) is 42.6 cm³/mol. The number of hydrogen-bond donors (Lipinski definition) is 0. The molecule has 0 unspecified atom stereocenters. The summed E-state index contributed by atoms with van der Waals surface area (Å²) in [6.45, 7) is 4.19. The van der Waals surface area contributed by atoms with E-state index in [1.807, 2.05) is 12.1 Å². The van der Waals surface area contributed by atoms with E-state index in [0.29, 0.717) is 5.92 Å². The lowest BCUT2D eigenvalue weighted by Gasteiger charge is -1.95. The SMILES string of the molecule is CC(C)c1cc2occc2o1. The van der Waals surface area contributed by atoms with Gasteiger partial charge >= 0.3 is 0 Å². The molecule has 0 aromatic carbocycles. The standard InChI is InChI=1S/C9H10O2/c1-6(2)8-5-9-7(11-8)3-4-10-9/h3-6H,1-2H3. The lowest BCUT2D eigenvalue weighted by Crippen LogP contribution is -1.79. The molecule has 2 aromatic rings. The molecule has 0 spiro atoms. The van der Waals surface area contributed by atoms with E-state index in [0.717, 1.165) is 16.9 Å². The third-order valence-electron chi connectivity index (χ3n) is 1.73. The van der Waals surface area contributed by atoms with Crippen LogP contribution in [0.5, 0.6) is 0 Å². The van der Waals surface area contributed by atoms with Gasteiger partial charge in [-0.15, -0.1) is 0 Å². The molecule has 2 nitrogen and oxygen atoms in total. The maximum atomic E-state index is 5.48. The Morgan fingerprint density at radius 3 is 2.73 bits per heavy atom. The summed E-state index contributed by atoms with van der Waals surface area (Å²) < 4.78 is 10.6. The fourth-order valence-corrected chi connectivity index (χ4v) is 1.07. The fraction of sp³-hybridized carbons (Fsp3) is 0.333. The van der Waals surface area contributed by atoms with Crippen molar-refractivity contribution < 1.29 is 8.83 Å². The predicted octanol–water partition coefficient (Wildman–Crippen LogP) is 3.15. The van der Waals surface area contributed by atoms with Crippen molar-refractivity contribution in [2.24, 2.45) is 0 Å². The van der Waals surface area contributed by atoms with Gasteiger partial charge in [-0.25, -0.2) is 0 Å². The van der Waals surface area contributed by atoms with Crippen LogP contribution in [0.15, 0.2) is 27.2 Å². The highest BCUT2D eigenvalue weighted by Crippen LogP contribution is 2.24. The molecule has 0 fully saturated rings. The third-order valence-corrected chi connectivity index (χ3v) is 1.73. The largest absolute Gasteiger partial charge is 0.461 e. The Hall–Kier alpha value is -1.18. The minimum Gasteiger partial charge on any atom is -0.461 e. The second-order valence-corrected chi connectivity index (χ2v) is 2.95. The number of hydrogen-bond acceptors (Lipinski definition) is 2. The van der Waals surface area contributed by atoms with Gasteiger partial charge in [0, 0.05) is 18.1 Å². The average molecular weight is 150 g/mol. The number of rotatable bonds is 1. The van der Waals surface area contributed by atoms with Gasteiger partial charge in [0.1, 0.15) is 5.76 Å². The minimum atomic E-state index is 0.428. The van der Waals surface area contributed by atoms with Crippen molar-refractivity contribution in [1.82, 2.24) is 0 Å². The molecule has 0 atom stereocenters. The Bertz CT molecular complexity index is 326. The highest BCUT2D eigenvalue weighted by molar-refractivity contribution is 5.71. The van der Waals surface area contributed by atoms with Crippen LogP contribution < -0.4 is 0 Å². The molecular formula is C9H10O2. The first-order valence-corrected chi connectivity index (χ1v) is 3.74. The van der Waals surface area contributed by atoms with Gasteiger partial charge in [0.15, 0.2) is 11.2 Å². The van der Waals surface area contributed by atoms with Crippen molar-refractivity contribution in [2.45, 2.75) is 19.8 Å². The lowest BCUT2D eigenvalue weighted by molar-refractivity contribution is 0.522. The zero-order valence-corrected chi connectivity index (χ0v) is 6.63. The number of furan rings is 2. The second kappa shape index (κ2) is 2.16. The second-order valence-electron chi connectivity index (χ2n) is 2.95. The summed E-state index contributed by atoms with van der Waals surface area (Å²) in [5.74, 6) is 1.41. The van der Waals surface area contributed by atoms with Gasteiger partial charge in [-0.1, -0.05) is 13.8 Å². The van der Waals surface area contributed by atoms with E-state index in [-0.39, 0.29) is 0 Å². The first-order valence-electron chi connectivity index (χ1n) is 3.74. The smallest absolute Gasteiger partial charge is 0.172 e. The topological polar surface area (TPSA) is 26.3 Å². The maximum Gasteiger partial charge on any atom is 0.172 e. The zero-order valence-electron chi connectivity index (χ0n) is 6.63. The monoisotopic (exact) mass is 150 g/mol. The summed E-state index contributed by atoms with van der Waals surface area (Å²) in [5, 5.41) is 0. The summed E-state index contributed by atoms with van der Waals surface area (Å²) in [6, 6.07) is 3.78. The van der Waals surface area contributed by atoms with E-state index in [4.69, 9.17) is 8.83 Å². The summed E-state index contributed by atoms with van der Waals surface area (Å²) in [5.41, 5.74) is 1.68. The van der Waals surface area contributed by atoms with Crippen LogP contribution >= 0.6 is 0 Å². The van der Waals surface area contributed by atoms with Crippen LogP contribution in [0.3, 0.4) is 0 Å². The highest BCUT2D eigenvalue weighted by atomic mass is 16.4. The first-order chi connectivity index (χ1) is 5.27. The van der Waals surface area contributed by atoms with E-state index in [1.54, 1.807) is 6.26 Å². The fourth-order valence-electron chi connectivity index (χ4n) is 1.07. The minimum absolute atomic E-state index is 0.428. The van der Waals surface area contributed by atoms with Crippen LogP contribution in [0.4, 0.5) is 0 Å². The van der Waals surface area contributed by atoms with E-state index in [9.17, 15) is 0 Å². The van der Waals surface area contributed by atoms with Gasteiger partial charge in [-0.2, -0.15) is 0 Å². The molecule has 11 heavy (non-hydrogen) atoms. The normalized spacial score (nSPS) is 11.5. The van der Waals surface area contributed by atoms with Crippen LogP contribution in [-0.2, 0) is 0 Å².